The van der Waals surface area contributed by atoms with Crippen molar-refractivity contribution in [2.24, 2.45) is 5.92 Å². The zero-order valence-electron chi connectivity index (χ0n) is 22.2. The van der Waals surface area contributed by atoms with Crippen LogP contribution in [0, 0.1) is 9.49 Å². The van der Waals surface area contributed by atoms with Crippen LogP contribution in [0.3, 0.4) is 0 Å². The van der Waals surface area contributed by atoms with Crippen molar-refractivity contribution in [3.05, 3.63) is 93.0 Å². The van der Waals surface area contributed by atoms with Crippen molar-refractivity contribution in [2.75, 3.05) is 17.4 Å². The molecule has 3 aromatic rings. The van der Waals surface area contributed by atoms with Crippen molar-refractivity contribution in [3.63, 3.8) is 0 Å². The van der Waals surface area contributed by atoms with Crippen LogP contribution in [-0.4, -0.2) is 44.3 Å². The number of hydrogen-bond acceptors (Lipinski definition) is 4. The van der Waals surface area contributed by atoms with E-state index in [-0.39, 0.29) is 23.3 Å². The second-order valence-electron chi connectivity index (χ2n) is 9.51. The summed E-state index contributed by atoms with van der Waals surface area (Å²) in [6.45, 7) is 5.93. The maximum Gasteiger partial charge on any atom is 0.264 e. The summed E-state index contributed by atoms with van der Waals surface area (Å²) in [6.07, 6.45) is 0.359. The largest absolute Gasteiger partial charge is 0.354 e. The number of nitrogens with one attached hydrogen (secondary N) is 1. The highest BCUT2D eigenvalue weighted by Gasteiger charge is 2.33. The van der Waals surface area contributed by atoms with Gasteiger partial charge in [0.15, 0.2) is 0 Å². The normalized spacial score (nSPS) is 12.2. The monoisotopic (exact) mass is 681 g/mol. The first-order valence-corrected chi connectivity index (χ1v) is 15.6. The van der Waals surface area contributed by atoms with E-state index in [9.17, 15) is 18.0 Å². The van der Waals surface area contributed by atoms with E-state index in [4.69, 9.17) is 11.6 Å². The van der Waals surface area contributed by atoms with E-state index in [0.29, 0.717) is 23.7 Å². The van der Waals surface area contributed by atoms with Gasteiger partial charge in [-0.15, -0.1) is 0 Å². The Morgan fingerprint density at radius 2 is 1.56 bits per heavy atom. The lowest BCUT2D eigenvalue weighted by molar-refractivity contribution is -0.140. The van der Waals surface area contributed by atoms with Gasteiger partial charge in [0.05, 0.1) is 10.6 Å². The molecule has 39 heavy (non-hydrogen) atoms. The zero-order valence-corrected chi connectivity index (χ0v) is 25.9. The Bertz CT molecular complexity index is 1350. The highest BCUT2D eigenvalue weighted by Crippen LogP contribution is 2.25. The van der Waals surface area contributed by atoms with Crippen LogP contribution < -0.4 is 9.62 Å². The molecule has 0 radical (unpaired) electrons. The molecule has 10 heteroatoms. The Morgan fingerprint density at radius 1 is 0.949 bits per heavy atom. The summed E-state index contributed by atoms with van der Waals surface area (Å²) in [5.41, 5.74) is 1.13. The molecule has 0 saturated carbocycles. The molecule has 1 unspecified atom stereocenters. The molecule has 0 aliphatic carbocycles. The number of hydrogen-bond donors (Lipinski definition) is 1. The SMILES string of the molecule is CCC(C(=O)NCC(C)C)N(Cc1ccc(Cl)cc1)C(=O)CN(c1ccc(I)cc1)S(=O)(=O)c1ccccc1. The van der Waals surface area contributed by atoms with Crippen molar-refractivity contribution in [1.29, 1.82) is 0 Å². The summed E-state index contributed by atoms with van der Waals surface area (Å²) < 4.78 is 29.6. The van der Waals surface area contributed by atoms with Crippen LogP contribution in [0.5, 0.6) is 0 Å². The minimum Gasteiger partial charge on any atom is -0.354 e. The molecule has 0 aliphatic rings. The van der Waals surface area contributed by atoms with E-state index in [0.717, 1.165) is 13.4 Å². The molecule has 3 aromatic carbocycles. The number of carbonyl (C=O) groups excluding carboxylic acids is 2. The fourth-order valence-corrected chi connectivity index (χ4v) is 5.91. The minimum atomic E-state index is -4.08. The van der Waals surface area contributed by atoms with Crippen LogP contribution in [0.15, 0.2) is 83.8 Å². The van der Waals surface area contributed by atoms with Gasteiger partial charge in [-0.2, -0.15) is 0 Å². The van der Waals surface area contributed by atoms with Crippen LogP contribution in [0.4, 0.5) is 5.69 Å². The first kappa shape index (κ1) is 30.9. The fraction of sp³-hybridized carbons (Fsp3) is 0.310. The van der Waals surface area contributed by atoms with Gasteiger partial charge in [-0.05, 0) is 89.0 Å². The highest BCUT2D eigenvalue weighted by molar-refractivity contribution is 14.1. The van der Waals surface area contributed by atoms with Crippen LogP contribution in [0.2, 0.25) is 5.02 Å². The zero-order chi connectivity index (χ0) is 28.6. The Balaban J connectivity index is 2.02. The Morgan fingerprint density at radius 3 is 2.13 bits per heavy atom. The van der Waals surface area contributed by atoms with Gasteiger partial charge in [-0.1, -0.05) is 62.7 Å². The quantitative estimate of drug-likeness (QED) is 0.248. The number of sulfonamides is 1. The fourth-order valence-electron chi connectivity index (χ4n) is 3.98. The summed E-state index contributed by atoms with van der Waals surface area (Å²) in [7, 11) is -4.08. The second-order valence-corrected chi connectivity index (χ2v) is 13.1. The van der Waals surface area contributed by atoms with Crippen molar-refractivity contribution in [1.82, 2.24) is 10.2 Å². The number of rotatable bonds is 12. The van der Waals surface area contributed by atoms with Gasteiger partial charge in [0.25, 0.3) is 10.0 Å². The smallest absolute Gasteiger partial charge is 0.264 e. The van der Waals surface area contributed by atoms with E-state index >= 15 is 0 Å². The molecule has 0 spiro atoms. The lowest BCUT2D eigenvalue weighted by atomic mass is 10.1. The average molecular weight is 682 g/mol. The third kappa shape index (κ3) is 8.43. The molecule has 2 amide bonds. The molecule has 7 nitrogen and oxygen atoms in total. The van der Waals surface area contributed by atoms with Gasteiger partial charge in [0.1, 0.15) is 12.6 Å². The molecule has 1 N–H and O–H groups in total. The maximum absolute atomic E-state index is 14.0. The van der Waals surface area contributed by atoms with E-state index < -0.39 is 28.5 Å². The average Bonchev–Trinajstić information content (AvgIpc) is 2.92. The van der Waals surface area contributed by atoms with Crippen LogP contribution >= 0.6 is 34.2 Å². The maximum atomic E-state index is 14.0. The molecular formula is C29H33ClIN3O4S. The summed E-state index contributed by atoms with van der Waals surface area (Å²) >= 11 is 8.20. The Labute approximate surface area is 249 Å². The molecule has 0 bridgehead atoms. The van der Waals surface area contributed by atoms with Crippen LogP contribution in [0.1, 0.15) is 32.8 Å². The van der Waals surface area contributed by atoms with Crippen LogP contribution in [0.25, 0.3) is 0 Å². The number of carbonyl (C=O) groups is 2. The third-order valence-electron chi connectivity index (χ3n) is 6.06. The molecule has 0 aliphatic heterocycles. The van der Waals surface area contributed by atoms with E-state index in [2.05, 4.69) is 27.9 Å². The highest BCUT2D eigenvalue weighted by atomic mass is 127. The number of benzene rings is 3. The van der Waals surface area contributed by atoms with Gasteiger partial charge in [-0.25, -0.2) is 8.42 Å². The number of halogens is 2. The molecule has 0 fully saturated rings. The summed E-state index contributed by atoms with van der Waals surface area (Å²) in [6, 6.07) is 21.2. The van der Waals surface area contributed by atoms with E-state index in [1.165, 1.54) is 17.0 Å². The topological polar surface area (TPSA) is 86.8 Å². The number of amides is 2. The number of anilines is 1. The molecule has 1 atom stereocenters. The lowest BCUT2D eigenvalue weighted by Gasteiger charge is -2.33. The molecular weight excluding hydrogens is 649 g/mol. The van der Waals surface area contributed by atoms with Gasteiger partial charge >= 0.3 is 0 Å². The summed E-state index contributed by atoms with van der Waals surface area (Å²) in [4.78, 5) is 28.7. The molecule has 0 saturated heterocycles. The van der Waals surface area contributed by atoms with Gasteiger partial charge in [0, 0.05) is 21.7 Å². The van der Waals surface area contributed by atoms with Crippen molar-refractivity contribution in [3.8, 4) is 0 Å². The predicted octanol–water partition coefficient (Wildman–Crippen LogP) is 5.72. The van der Waals surface area contributed by atoms with E-state index in [1.54, 1.807) is 66.7 Å². The standard InChI is InChI=1S/C29H33ClIN3O4S/c1-4-27(29(36)32-18-21(2)3)33(19-22-10-12-23(30)13-11-22)28(35)20-34(25-16-14-24(31)15-17-25)39(37,38)26-8-6-5-7-9-26/h5-17,21,27H,4,18-20H2,1-3H3,(H,32,36). The van der Waals surface area contributed by atoms with Gasteiger partial charge < -0.3 is 10.2 Å². The summed E-state index contributed by atoms with van der Waals surface area (Å²) in [5.74, 6) is -0.533. The summed E-state index contributed by atoms with van der Waals surface area (Å²) in [5, 5.41) is 3.48. The Kier molecular flexibility index (Phi) is 11.2. The molecule has 208 valence electrons. The first-order valence-electron chi connectivity index (χ1n) is 12.7. The molecule has 0 aromatic heterocycles. The van der Waals surface area contributed by atoms with Crippen LogP contribution in [-0.2, 0) is 26.2 Å². The number of nitrogens with zero attached hydrogens (tertiary/aromatic N) is 2. The van der Waals surface area contributed by atoms with Gasteiger partial charge in [0.2, 0.25) is 11.8 Å². The van der Waals surface area contributed by atoms with Crippen molar-refractivity contribution < 1.29 is 18.0 Å². The molecule has 3 rings (SSSR count). The second kappa shape index (κ2) is 14.1. The van der Waals surface area contributed by atoms with Crippen molar-refractivity contribution >= 4 is 61.7 Å². The predicted molar refractivity (Wildman–Crippen MR) is 164 cm³/mol. The Hall–Kier alpha value is -2.63. The van der Waals surface area contributed by atoms with Gasteiger partial charge in [-0.3, -0.25) is 13.9 Å². The minimum absolute atomic E-state index is 0.0716. The van der Waals surface area contributed by atoms with Crippen molar-refractivity contribution in [2.45, 2.75) is 44.7 Å². The first-order chi connectivity index (χ1) is 18.5. The molecule has 0 heterocycles. The third-order valence-corrected chi connectivity index (χ3v) is 8.82. The lowest BCUT2D eigenvalue weighted by Crippen LogP contribution is -2.52. The van der Waals surface area contributed by atoms with E-state index in [1.807, 2.05) is 20.8 Å².